The van der Waals surface area contributed by atoms with E-state index in [1.165, 1.54) is 29.9 Å². The zero-order valence-electron chi connectivity index (χ0n) is 15.9. The van der Waals surface area contributed by atoms with Crippen molar-refractivity contribution in [1.82, 2.24) is 34.9 Å². The Bertz CT molecular complexity index is 1150. The molecule has 152 valence electrons. The molecule has 0 bridgehead atoms. The lowest BCUT2D eigenvalue weighted by Crippen LogP contribution is -2.16. The van der Waals surface area contributed by atoms with Crippen LogP contribution in [-0.4, -0.2) is 47.9 Å². The van der Waals surface area contributed by atoms with Gasteiger partial charge in [0.05, 0.1) is 13.3 Å². The van der Waals surface area contributed by atoms with Crippen LogP contribution >= 0.6 is 23.5 Å². The second-order valence-electron chi connectivity index (χ2n) is 5.86. The van der Waals surface area contributed by atoms with E-state index >= 15 is 0 Å². The van der Waals surface area contributed by atoms with Gasteiger partial charge in [0.1, 0.15) is 22.1 Å². The number of aryl methyl sites for hydroxylation is 1. The highest BCUT2D eigenvalue weighted by molar-refractivity contribution is 7.99. The average Bonchev–Trinajstić information content (AvgIpc) is 3.41. The molecule has 0 atom stereocenters. The van der Waals surface area contributed by atoms with E-state index in [2.05, 4.69) is 35.6 Å². The van der Waals surface area contributed by atoms with Gasteiger partial charge in [0.25, 0.3) is 5.91 Å². The maximum Gasteiger partial charge on any atom is 0.278 e. The molecule has 0 aliphatic rings. The highest BCUT2D eigenvalue weighted by Crippen LogP contribution is 2.31. The van der Waals surface area contributed by atoms with E-state index in [-0.39, 0.29) is 5.69 Å². The summed E-state index contributed by atoms with van der Waals surface area (Å²) in [5.74, 6) is 0.771. The maximum atomic E-state index is 12.9. The zero-order valence-corrected chi connectivity index (χ0v) is 17.6. The number of ether oxygens (including phenoxy) is 1. The molecule has 0 saturated heterocycles. The van der Waals surface area contributed by atoms with Crippen molar-refractivity contribution in [2.24, 2.45) is 7.05 Å². The molecule has 3 aromatic heterocycles. The standard InChI is InChI=1S/C18H16N8O2S2/c1-26-8-7-13(25-26)22-16(27)15-17(29-12-5-3-11(28-2)4-6-12)19-9-14(23-15)30-18-20-10-21-24-18/h3-10H,1-2H3,(H,20,21,24)(H,22,25,27). The molecule has 2 N–H and O–H groups in total. The Labute approximate surface area is 179 Å². The third-order valence-electron chi connectivity index (χ3n) is 3.76. The predicted octanol–water partition coefficient (Wildman–Crippen LogP) is 2.89. The smallest absolute Gasteiger partial charge is 0.278 e. The lowest BCUT2D eigenvalue weighted by Gasteiger charge is -2.09. The summed E-state index contributed by atoms with van der Waals surface area (Å²) < 4.78 is 6.79. The number of rotatable bonds is 7. The SMILES string of the molecule is COc1ccc(Sc2ncc(Sc3ncn[nH]3)nc2C(=O)Nc2ccn(C)n2)cc1. The number of aromatic amines is 1. The Hall–Kier alpha value is -3.38. The van der Waals surface area contributed by atoms with Crippen molar-refractivity contribution in [2.75, 3.05) is 12.4 Å². The summed E-state index contributed by atoms with van der Waals surface area (Å²) in [6.07, 6.45) is 4.74. The second kappa shape index (κ2) is 8.97. The second-order valence-corrected chi connectivity index (χ2v) is 7.93. The summed E-state index contributed by atoms with van der Waals surface area (Å²) >= 11 is 2.56. The minimum absolute atomic E-state index is 0.186. The van der Waals surface area contributed by atoms with E-state index in [1.807, 2.05) is 24.3 Å². The largest absolute Gasteiger partial charge is 0.497 e. The Kier molecular flexibility index (Phi) is 5.95. The molecule has 30 heavy (non-hydrogen) atoms. The topological polar surface area (TPSA) is 124 Å². The predicted molar refractivity (Wildman–Crippen MR) is 111 cm³/mol. The van der Waals surface area contributed by atoms with Gasteiger partial charge in [-0.3, -0.25) is 14.6 Å². The first-order valence-corrected chi connectivity index (χ1v) is 10.3. The van der Waals surface area contributed by atoms with E-state index in [9.17, 15) is 4.79 Å². The summed E-state index contributed by atoms with van der Waals surface area (Å²) in [4.78, 5) is 26.9. The summed E-state index contributed by atoms with van der Waals surface area (Å²) in [6.45, 7) is 0. The van der Waals surface area contributed by atoms with E-state index in [4.69, 9.17) is 4.74 Å². The average molecular weight is 441 g/mol. The van der Waals surface area contributed by atoms with Crippen LogP contribution < -0.4 is 10.1 Å². The molecule has 0 unspecified atom stereocenters. The fourth-order valence-corrected chi connectivity index (χ4v) is 3.86. The fourth-order valence-electron chi connectivity index (χ4n) is 2.39. The number of benzene rings is 1. The monoisotopic (exact) mass is 440 g/mol. The number of nitrogens with zero attached hydrogens (tertiary/aromatic N) is 6. The van der Waals surface area contributed by atoms with Crippen LogP contribution in [0.1, 0.15) is 10.5 Å². The van der Waals surface area contributed by atoms with Crippen LogP contribution in [0, 0.1) is 0 Å². The number of nitrogens with one attached hydrogen (secondary N) is 2. The number of H-pyrrole nitrogens is 1. The molecular formula is C18H16N8O2S2. The Morgan fingerprint density at radius 3 is 2.67 bits per heavy atom. The van der Waals surface area contributed by atoms with Gasteiger partial charge >= 0.3 is 0 Å². The first kappa shape index (κ1) is 19.9. The van der Waals surface area contributed by atoms with E-state index in [0.717, 1.165) is 10.6 Å². The molecule has 4 rings (SSSR count). The van der Waals surface area contributed by atoms with Gasteiger partial charge in [-0.05, 0) is 36.0 Å². The van der Waals surface area contributed by atoms with Gasteiger partial charge in [0.2, 0.25) is 0 Å². The molecule has 12 heteroatoms. The molecule has 0 aliphatic carbocycles. The molecule has 1 amide bonds. The number of hydrogen-bond donors (Lipinski definition) is 2. The highest BCUT2D eigenvalue weighted by Gasteiger charge is 2.19. The number of anilines is 1. The minimum atomic E-state index is -0.405. The quantitative estimate of drug-likeness (QED) is 0.446. The maximum absolute atomic E-state index is 12.9. The van der Waals surface area contributed by atoms with Crippen molar-refractivity contribution in [1.29, 1.82) is 0 Å². The zero-order chi connectivity index (χ0) is 20.9. The highest BCUT2D eigenvalue weighted by atomic mass is 32.2. The van der Waals surface area contributed by atoms with Crippen molar-refractivity contribution in [2.45, 2.75) is 20.1 Å². The molecule has 0 aliphatic heterocycles. The van der Waals surface area contributed by atoms with Crippen LogP contribution in [0.15, 0.2) is 69.2 Å². The molecule has 10 nitrogen and oxygen atoms in total. The van der Waals surface area contributed by atoms with Crippen LogP contribution in [0.3, 0.4) is 0 Å². The van der Waals surface area contributed by atoms with Gasteiger partial charge in [-0.1, -0.05) is 11.8 Å². The van der Waals surface area contributed by atoms with Crippen molar-refractivity contribution in [3.05, 3.63) is 54.7 Å². The van der Waals surface area contributed by atoms with Crippen molar-refractivity contribution < 1.29 is 9.53 Å². The van der Waals surface area contributed by atoms with Crippen molar-refractivity contribution in [3.63, 3.8) is 0 Å². The fraction of sp³-hybridized carbons (Fsp3) is 0.111. The van der Waals surface area contributed by atoms with Gasteiger partial charge in [0, 0.05) is 24.2 Å². The summed E-state index contributed by atoms with van der Waals surface area (Å²) in [5.41, 5.74) is 0.186. The van der Waals surface area contributed by atoms with Gasteiger partial charge in [-0.25, -0.2) is 15.0 Å². The van der Waals surface area contributed by atoms with E-state index in [0.29, 0.717) is 21.0 Å². The third-order valence-corrected chi connectivity index (χ3v) is 5.55. The van der Waals surface area contributed by atoms with Crippen LogP contribution in [0.5, 0.6) is 5.75 Å². The normalized spacial score (nSPS) is 10.7. The summed E-state index contributed by atoms with van der Waals surface area (Å²) in [6, 6.07) is 9.18. The molecule has 0 saturated carbocycles. The number of amides is 1. The summed E-state index contributed by atoms with van der Waals surface area (Å²) in [5, 5.41) is 15.0. The molecule has 0 fully saturated rings. The van der Waals surface area contributed by atoms with Gasteiger partial charge in [-0.15, -0.1) is 0 Å². The summed E-state index contributed by atoms with van der Waals surface area (Å²) in [7, 11) is 3.38. The van der Waals surface area contributed by atoms with E-state index < -0.39 is 5.91 Å². The lowest BCUT2D eigenvalue weighted by molar-refractivity contribution is 0.101. The molecule has 1 aromatic carbocycles. The Morgan fingerprint density at radius 1 is 1.17 bits per heavy atom. The van der Waals surface area contributed by atoms with Gasteiger partial charge in [0.15, 0.2) is 16.7 Å². The lowest BCUT2D eigenvalue weighted by atomic mass is 10.3. The Balaban J connectivity index is 1.63. The molecule has 4 aromatic rings. The molecule has 0 radical (unpaired) electrons. The number of hydrogen-bond acceptors (Lipinski definition) is 9. The molecular weight excluding hydrogens is 424 g/mol. The van der Waals surface area contributed by atoms with Crippen molar-refractivity contribution >= 4 is 35.2 Å². The number of methoxy groups -OCH3 is 1. The minimum Gasteiger partial charge on any atom is -0.497 e. The molecule has 0 spiro atoms. The number of aromatic nitrogens is 7. The first-order chi connectivity index (χ1) is 14.6. The number of carbonyl (C=O) groups is 1. The van der Waals surface area contributed by atoms with Crippen LogP contribution in [-0.2, 0) is 7.05 Å². The van der Waals surface area contributed by atoms with Gasteiger partial charge in [-0.2, -0.15) is 10.2 Å². The Morgan fingerprint density at radius 2 is 2.00 bits per heavy atom. The van der Waals surface area contributed by atoms with E-state index in [1.54, 1.807) is 37.3 Å². The van der Waals surface area contributed by atoms with Crippen LogP contribution in [0.25, 0.3) is 0 Å². The van der Waals surface area contributed by atoms with Crippen LogP contribution in [0.4, 0.5) is 5.82 Å². The van der Waals surface area contributed by atoms with Gasteiger partial charge < -0.3 is 10.1 Å². The van der Waals surface area contributed by atoms with Crippen molar-refractivity contribution in [3.8, 4) is 5.75 Å². The first-order valence-electron chi connectivity index (χ1n) is 8.64. The third kappa shape index (κ3) is 4.78. The molecule has 3 heterocycles. The van der Waals surface area contributed by atoms with Crippen LogP contribution in [0.2, 0.25) is 0 Å². The number of carbonyl (C=O) groups excluding carboxylic acids is 1.